The van der Waals surface area contributed by atoms with Crippen LogP contribution in [0, 0.1) is 0 Å². The minimum absolute atomic E-state index is 0.795. The summed E-state index contributed by atoms with van der Waals surface area (Å²) < 4.78 is 1.01. The standard InChI is InChI=1S/C16H21BrN4/c1-3-6-18-10-14-8-15(17)11-20-16(14)21(2)12-13-5-4-7-19-9-13/h4-5,7-9,11,18H,3,6,10,12H2,1-2H3. The smallest absolute Gasteiger partial charge is 0.133 e. The Morgan fingerprint density at radius 2 is 2.19 bits per heavy atom. The monoisotopic (exact) mass is 348 g/mol. The van der Waals surface area contributed by atoms with Crippen LogP contribution < -0.4 is 10.2 Å². The van der Waals surface area contributed by atoms with E-state index >= 15 is 0 Å². The molecule has 2 aromatic rings. The number of aromatic nitrogens is 2. The van der Waals surface area contributed by atoms with Crippen molar-refractivity contribution in [2.75, 3.05) is 18.5 Å². The Morgan fingerprint density at radius 1 is 1.33 bits per heavy atom. The molecule has 0 amide bonds. The Bertz CT molecular complexity index is 559. The van der Waals surface area contributed by atoms with Gasteiger partial charge in [0.25, 0.3) is 0 Å². The highest BCUT2D eigenvalue weighted by molar-refractivity contribution is 9.10. The Kier molecular flexibility index (Phi) is 6.14. The van der Waals surface area contributed by atoms with Crippen LogP contribution in [-0.4, -0.2) is 23.6 Å². The first kappa shape index (κ1) is 15.9. The van der Waals surface area contributed by atoms with Gasteiger partial charge in [0, 0.05) is 48.8 Å². The van der Waals surface area contributed by atoms with Gasteiger partial charge in [-0.05, 0) is 46.6 Å². The minimum atomic E-state index is 0.795. The van der Waals surface area contributed by atoms with Gasteiger partial charge >= 0.3 is 0 Å². The van der Waals surface area contributed by atoms with Crippen LogP contribution in [0.25, 0.3) is 0 Å². The Balaban J connectivity index is 2.13. The molecule has 2 aromatic heterocycles. The second-order valence-electron chi connectivity index (χ2n) is 5.03. The molecule has 0 radical (unpaired) electrons. The summed E-state index contributed by atoms with van der Waals surface area (Å²) in [6.07, 6.45) is 6.66. The molecule has 0 aromatic carbocycles. The molecule has 4 nitrogen and oxygen atoms in total. The van der Waals surface area contributed by atoms with Crippen LogP contribution in [0.5, 0.6) is 0 Å². The number of hydrogen-bond acceptors (Lipinski definition) is 4. The number of nitrogens with zero attached hydrogens (tertiary/aromatic N) is 3. The predicted octanol–water partition coefficient (Wildman–Crippen LogP) is 3.38. The molecule has 112 valence electrons. The maximum atomic E-state index is 4.57. The van der Waals surface area contributed by atoms with Crippen LogP contribution in [0.1, 0.15) is 24.5 Å². The predicted molar refractivity (Wildman–Crippen MR) is 90.3 cm³/mol. The number of halogens is 1. The summed E-state index contributed by atoms with van der Waals surface area (Å²) in [7, 11) is 2.06. The number of rotatable bonds is 7. The maximum Gasteiger partial charge on any atom is 0.133 e. The fourth-order valence-corrected chi connectivity index (χ4v) is 2.57. The highest BCUT2D eigenvalue weighted by Gasteiger charge is 2.10. The van der Waals surface area contributed by atoms with Gasteiger partial charge in [-0.2, -0.15) is 0 Å². The van der Waals surface area contributed by atoms with Gasteiger partial charge in [-0.15, -0.1) is 0 Å². The van der Waals surface area contributed by atoms with Gasteiger partial charge in [0.15, 0.2) is 0 Å². The zero-order valence-electron chi connectivity index (χ0n) is 12.5. The molecule has 0 fully saturated rings. The van der Waals surface area contributed by atoms with E-state index in [1.807, 2.05) is 18.5 Å². The highest BCUT2D eigenvalue weighted by atomic mass is 79.9. The van der Waals surface area contributed by atoms with Crippen molar-refractivity contribution in [1.29, 1.82) is 0 Å². The molecule has 0 saturated heterocycles. The molecule has 0 unspecified atom stereocenters. The average molecular weight is 349 g/mol. The largest absolute Gasteiger partial charge is 0.355 e. The first-order chi connectivity index (χ1) is 10.2. The molecular formula is C16H21BrN4. The normalized spacial score (nSPS) is 10.6. The lowest BCUT2D eigenvalue weighted by molar-refractivity contribution is 0.671. The van der Waals surface area contributed by atoms with Gasteiger partial charge in [-0.25, -0.2) is 4.98 Å². The third-order valence-electron chi connectivity index (χ3n) is 3.16. The van der Waals surface area contributed by atoms with Crippen molar-refractivity contribution in [3.63, 3.8) is 0 Å². The molecule has 2 heterocycles. The first-order valence-corrected chi connectivity index (χ1v) is 7.95. The highest BCUT2D eigenvalue weighted by Crippen LogP contribution is 2.22. The number of nitrogens with one attached hydrogen (secondary N) is 1. The van der Waals surface area contributed by atoms with Crippen molar-refractivity contribution in [3.8, 4) is 0 Å². The van der Waals surface area contributed by atoms with Crippen LogP contribution >= 0.6 is 15.9 Å². The van der Waals surface area contributed by atoms with Crippen molar-refractivity contribution in [2.45, 2.75) is 26.4 Å². The molecule has 0 aliphatic carbocycles. The van der Waals surface area contributed by atoms with E-state index in [2.05, 4.69) is 62.2 Å². The molecule has 0 bridgehead atoms. The molecule has 0 spiro atoms. The quantitative estimate of drug-likeness (QED) is 0.778. The van der Waals surface area contributed by atoms with Crippen molar-refractivity contribution >= 4 is 21.7 Å². The number of anilines is 1. The van der Waals surface area contributed by atoms with Crippen molar-refractivity contribution in [2.24, 2.45) is 0 Å². The van der Waals surface area contributed by atoms with E-state index in [-0.39, 0.29) is 0 Å². The SMILES string of the molecule is CCCNCc1cc(Br)cnc1N(C)Cc1cccnc1. The van der Waals surface area contributed by atoms with Crippen LogP contribution in [0.4, 0.5) is 5.82 Å². The minimum Gasteiger partial charge on any atom is -0.355 e. The second kappa shape index (κ2) is 8.10. The number of pyridine rings is 2. The van der Waals surface area contributed by atoms with Crippen LogP contribution in [-0.2, 0) is 13.1 Å². The molecule has 5 heteroatoms. The van der Waals surface area contributed by atoms with Crippen molar-refractivity contribution in [3.05, 3.63) is 52.4 Å². The maximum absolute atomic E-state index is 4.57. The third-order valence-corrected chi connectivity index (χ3v) is 3.59. The van der Waals surface area contributed by atoms with Gasteiger partial charge in [-0.3, -0.25) is 4.98 Å². The topological polar surface area (TPSA) is 41.1 Å². The fraction of sp³-hybridized carbons (Fsp3) is 0.375. The third kappa shape index (κ3) is 4.79. The fourth-order valence-electron chi connectivity index (χ4n) is 2.19. The molecule has 0 saturated carbocycles. The van der Waals surface area contributed by atoms with Gasteiger partial charge in [-0.1, -0.05) is 13.0 Å². The lowest BCUT2D eigenvalue weighted by atomic mass is 10.2. The van der Waals surface area contributed by atoms with E-state index in [0.29, 0.717) is 0 Å². The van der Waals surface area contributed by atoms with Gasteiger partial charge in [0.2, 0.25) is 0 Å². The molecule has 0 aliphatic heterocycles. The Morgan fingerprint density at radius 3 is 2.90 bits per heavy atom. The zero-order valence-corrected chi connectivity index (χ0v) is 14.1. The molecule has 2 rings (SSSR count). The summed E-state index contributed by atoms with van der Waals surface area (Å²) in [6.45, 7) is 4.80. The summed E-state index contributed by atoms with van der Waals surface area (Å²) in [5, 5.41) is 3.44. The van der Waals surface area contributed by atoms with E-state index in [1.165, 1.54) is 11.1 Å². The van der Waals surface area contributed by atoms with E-state index in [0.717, 1.165) is 36.3 Å². The van der Waals surface area contributed by atoms with Gasteiger partial charge < -0.3 is 10.2 Å². The van der Waals surface area contributed by atoms with E-state index in [9.17, 15) is 0 Å². The van der Waals surface area contributed by atoms with E-state index in [4.69, 9.17) is 0 Å². The summed E-state index contributed by atoms with van der Waals surface area (Å²) >= 11 is 3.50. The molecule has 0 atom stereocenters. The average Bonchev–Trinajstić information content (AvgIpc) is 2.48. The molecule has 0 aliphatic rings. The van der Waals surface area contributed by atoms with Crippen LogP contribution in [0.3, 0.4) is 0 Å². The summed E-state index contributed by atoms with van der Waals surface area (Å²) in [5.74, 6) is 1.01. The second-order valence-corrected chi connectivity index (χ2v) is 5.95. The van der Waals surface area contributed by atoms with E-state index < -0.39 is 0 Å². The lowest BCUT2D eigenvalue weighted by Crippen LogP contribution is -2.22. The van der Waals surface area contributed by atoms with Crippen LogP contribution in [0.15, 0.2) is 41.3 Å². The Labute approximate surface area is 134 Å². The van der Waals surface area contributed by atoms with Gasteiger partial charge in [0.05, 0.1) is 0 Å². The molecule has 21 heavy (non-hydrogen) atoms. The summed E-state index contributed by atoms with van der Waals surface area (Å²) in [6, 6.07) is 6.17. The lowest BCUT2D eigenvalue weighted by Gasteiger charge is -2.21. The van der Waals surface area contributed by atoms with Gasteiger partial charge in [0.1, 0.15) is 5.82 Å². The molecular weight excluding hydrogens is 328 g/mol. The van der Waals surface area contributed by atoms with Crippen LogP contribution in [0.2, 0.25) is 0 Å². The van der Waals surface area contributed by atoms with E-state index in [1.54, 1.807) is 6.20 Å². The first-order valence-electron chi connectivity index (χ1n) is 7.16. The molecule has 1 N–H and O–H groups in total. The Hall–Kier alpha value is -1.46. The zero-order chi connectivity index (χ0) is 15.1. The van der Waals surface area contributed by atoms with Crippen molar-refractivity contribution < 1.29 is 0 Å². The number of hydrogen-bond donors (Lipinski definition) is 1. The van der Waals surface area contributed by atoms with Crippen molar-refractivity contribution in [1.82, 2.24) is 15.3 Å². The summed E-state index contributed by atoms with van der Waals surface area (Å²) in [4.78, 5) is 10.9. The summed E-state index contributed by atoms with van der Waals surface area (Å²) in [5.41, 5.74) is 2.38.